The van der Waals surface area contributed by atoms with Gasteiger partial charge in [-0.2, -0.15) is 13.2 Å². The molecule has 0 unspecified atom stereocenters. The first kappa shape index (κ1) is 13.9. The molecule has 0 spiro atoms. The van der Waals surface area contributed by atoms with Crippen LogP contribution >= 0.6 is 15.9 Å². The molecule has 0 aliphatic carbocycles. The summed E-state index contributed by atoms with van der Waals surface area (Å²) in [4.78, 5) is 4.17. The van der Waals surface area contributed by atoms with Crippen molar-refractivity contribution in [1.82, 2.24) is 9.55 Å². The van der Waals surface area contributed by atoms with Gasteiger partial charge in [-0.3, -0.25) is 0 Å². The van der Waals surface area contributed by atoms with Crippen LogP contribution in [0.1, 0.15) is 17.1 Å². The minimum absolute atomic E-state index is 0.211. The van der Waals surface area contributed by atoms with Gasteiger partial charge in [-0.25, -0.2) is 4.98 Å². The predicted octanol–water partition coefficient (Wildman–Crippen LogP) is 3.85. The van der Waals surface area contributed by atoms with Crippen molar-refractivity contribution < 1.29 is 13.2 Å². The lowest BCUT2D eigenvalue weighted by Crippen LogP contribution is -2.11. The van der Waals surface area contributed by atoms with Gasteiger partial charge in [0.05, 0.1) is 16.9 Å². The molecule has 0 aliphatic rings. The van der Waals surface area contributed by atoms with E-state index < -0.39 is 11.7 Å². The molecular weight excluding hydrogens is 323 g/mol. The summed E-state index contributed by atoms with van der Waals surface area (Å²) in [5.74, 6) is 0.613. The molecule has 2 N–H and O–H groups in total. The van der Waals surface area contributed by atoms with E-state index in [9.17, 15) is 13.2 Å². The van der Waals surface area contributed by atoms with E-state index >= 15 is 0 Å². The molecule has 0 radical (unpaired) electrons. The molecule has 0 saturated heterocycles. The summed E-state index contributed by atoms with van der Waals surface area (Å²) < 4.78 is 40.5. The molecule has 0 aliphatic heterocycles. The molecular formula is C12H11BrF3N3. The highest BCUT2D eigenvalue weighted by Gasteiger charge is 2.34. The molecule has 0 atom stereocenters. The molecule has 1 aromatic carbocycles. The highest BCUT2D eigenvalue weighted by molar-refractivity contribution is 9.10. The third-order valence-corrected chi connectivity index (χ3v) is 3.36. The van der Waals surface area contributed by atoms with Gasteiger partial charge in [0.2, 0.25) is 0 Å². The van der Waals surface area contributed by atoms with Gasteiger partial charge in [0.25, 0.3) is 0 Å². The highest BCUT2D eigenvalue weighted by Crippen LogP contribution is 2.38. The summed E-state index contributed by atoms with van der Waals surface area (Å²) in [7, 11) is 0. The Morgan fingerprint density at radius 1 is 1.26 bits per heavy atom. The van der Waals surface area contributed by atoms with Crippen LogP contribution in [0.4, 0.5) is 18.9 Å². The van der Waals surface area contributed by atoms with Crippen molar-refractivity contribution in [3.63, 3.8) is 0 Å². The number of aromatic nitrogens is 2. The van der Waals surface area contributed by atoms with Crippen LogP contribution in [0.5, 0.6) is 0 Å². The number of nitrogen functional groups attached to an aromatic ring is 1. The summed E-state index contributed by atoms with van der Waals surface area (Å²) in [6.45, 7) is 3.50. The van der Waals surface area contributed by atoms with E-state index in [0.717, 1.165) is 11.8 Å². The number of imidazole rings is 1. The van der Waals surface area contributed by atoms with Gasteiger partial charge < -0.3 is 10.3 Å². The maximum Gasteiger partial charge on any atom is 0.418 e. The van der Waals surface area contributed by atoms with E-state index in [1.54, 1.807) is 30.7 Å². The number of anilines is 1. The summed E-state index contributed by atoms with van der Waals surface area (Å²) in [6.07, 6.45) is -2.82. The molecule has 0 amide bonds. The highest BCUT2D eigenvalue weighted by atomic mass is 79.9. The summed E-state index contributed by atoms with van der Waals surface area (Å²) in [6, 6.07) is 2.56. The van der Waals surface area contributed by atoms with E-state index in [1.165, 1.54) is 0 Å². The summed E-state index contributed by atoms with van der Waals surface area (Å²) in [5.41, 5.74) is 5.40. The van der Waals surface area contributed by atoms with Crippen molar-refractivity contribution >= 4 is 21.6 Å². The summed E-state index contributed by atoms with van der Waals surface area (Å²) >= 11 is 3.06. The first-order chi connectivity index (χ1) is 8.70. The number of hydrogen-bond donors (Lipinski definition) is 1. The fourth-order valence-corrected chi connectivity index (χ4v) is 2.30. The zero-order valence-electron chi connectivity index (χ0n) is 10.2. The molecule has 2 aromatic rings. The lowest BCUT2D eigenvalue weighted by atomic mass is 10.1. The van der Waals surface area contributed by atoms with Gasteiger partial charge in [-0.05, 0) is 41.9 Å². The lowest BCUT2D eigenvalue weighted by molar-refractivity contribution is -0.136. The van der Waals surface area contributed by atoms with Crippen molar-refractivity contribution in [2.24, 2.45) is 0 Å². The minimum atomic E-state index is -4.49. The quantitative estimate of drug-likeness (QED) is 0.805. The molecule has 7 heteroatoms. The average molecular weight is 334 g/mol. The molecule has 0 fully saturated rings. The second-order valence-corrected chi connectivity index (χ2v) is 5.04. The van der Waals surface area contributed by atoms with Crippen LogP contribution in [0, 0.1) is 13.8 Å². The van der Waals surface area contributed by atoms with Crippen molar-refractivity contribution in [2.45, 2.75) is 20.0 Å². The molecule has 2 rings (SSSR count). The number of aryl methyl sites for hydroxylation is 2. The Morgan fingerprint density at radius 3 is 2.37 bits per heavy atom. The van der Waals surface area contributed by atoms with Crippen LogP contribution in [0.25, 0.3) is 5.69 Å². The first-order valence-electron chi connectivity index (χ1n) is 5.39. The maximum absolute atomic E-state index is 12.9. The fourth-order valence-electron chi connectivity index (χ4n) is 1.86. The Hall–Kier alpha value is -1.50. The predicted molar refractivity (Wildman–Crippen MR) is 70.2 cm³/mol. The molecule has 102 valence electrons. The smallest absolute Gasteiger partial charge is 0.397 e. The van der Waals surface area contributed by atoms with Crippen molar-refractivity contribution in [3.05, 3.63) is 39.9 Å². The number of nitrogens with two attached hydrogens (primary N) is 1. The monoisotopic (exact) mass is 333 g/mol. The van der Waals surface area contributed by atoms with Crippen molar-refractivity contribution in [3.8, 4) is 5.69 Å². The maximum atomic E-state index is 12.9. The van der Waals surface area contributed by atoms with Gasteiger partial charge in [-0.1, -0.05) is 0 Å². The first-order valence-corrected chi connectivity index (χ1v) is 6.18. The topological polar surface area (TPSA) is 43.8 Å². The van der Waals surface area contributed by atoms with Crippen molar-refractivity contribution in [2.75, 3.05) is 5.73 Å². The van der Waals surface area contributed by atoms with Gasteiger partial charge in [0.1, 0.15) is 5.82 Å². The molecule has 3 nitrogen and oxygen atoms in total. The van der Waals surface area contributed by atoms with E-state index in [2.05, 4.69) is 20.9 Å². The second kappa shape index (κ2) is 4.56. The Morgan fingerprint density at radius 2 is 1.89 bits per heavy atom. The van der Waals surface area contributed by atoms with Gasteiger partial charge in [-0.15, -0.1) is 0 Å². The van der Waals surface area contributed by atoms with Gasteiger partial charge in [0.15, 0.2) is 0 Å². The third kappa shape index (κ3) is 2.60. The fraction of sp³-hybridized carbons (Fsp3) is 0.250. The zero-order valence-corrected chi connectivity index (χ0v) is 11.8. The standard InChI is InChI=1S/C12H11BrF3N3/c1-6-5-19(7(2)18-6)8-3-9(12(14,15)16)11(17)10(13)4-8/h3-5H,17H2,1-2H3. The molecule has 19 heavy (non-hydrogen) atoms. The number of rotatable bonds is 1. The Bertz CT molecular complexity index is 632. The van der Waals surface area contributed by atoms with E-state index in [1.807, 2.05) is 0 Å². The minimum Gasteiger partial charge on any atom is -0.397 e. The zero-order chi connectivity index (χ0) is 14.4. The molecule has 1 heterocycles. The Labute approximate surface area is 116 Å². The number of benzene rings is 1. The molecule has 0 bridgehead atoms. The van der Waals surface area contributed by atoms with Crippen LogP contribution in [-0.4, -0.2) is 9.55 Å². The van der Waals surface area contributed by atoms with Crippen LogP contribution in [-0.2, 0) is 6.18 Å². The Kier molecular flexibility index (Phi) is 3.34. The second-order valence-electron chi connectivity index (χ2n) is 4.19. The van der Waals surface area contributed by atoms with Gasteiger partial charge in [0, 0.05) is 16.4 Å². The SMILES string of the molecule is Cc1cn(-c2cc(Br)c(N)c(C(F)(F)F)c2)c(C)n1. The molecule has 0 saturated carbocycles. The van der Waals surface area contributed by atoms with Crippen LogP contribution in [0.3, 0.4) is 0 Å². The number of nitrogens with zero attached hydrogens (tertiary/aromatic N) is 2. The lowest BCUT2D eigenvalue weighted by Gasteiger charge is -2.14. The van der Waals surface area contributed by atoms with Gasteiger partial charge >= 0.3 is 6.18 Å². The normalized spacial score (nSPS) is 11.9. The van der Waals surface area contributed by atoms with E-state index in [0.29, 0.717) is 11.5 Å². The number of alkyl halides is 3. The van der Waals surface area contributed by atoms with Crippen LogP contribution < -0.4 is 5.73 Å². The summed E-state index contributed by atoms with van der Waals surface area (Å²) in [5, 5.41) is 0. The average Bonchev–Trinajstić information content (AvgIpc) is 2.60. The van der Waals surface area contributed by atoms with Crippen molar-refractivity contribution in [1.29, 1.82) is 0 Å². The van der Waals surface area contributed by atoms with E-state index in [-0.39, 0.29) is 10.2 Å². The molecule has 1 aromatic heterocycles. The number of hydrogen-bond acceptors (Lipinski definition) is 2. The number of halogens is 4. The largest absolute Gasteiger partial charge is 0.418 e. The third-order valence-electron chi connectivity index (χ3n) is 2.70. The van der Waals surface area contributed by atoms with Crippen LogP contribution in [0.2, 0.25) is 0 Å². The Balaban J connectivity index is 2.67. The van der Waals surface area contributed by atoms with E-state index in [4.69, 9.17) is 5.73 Å². The van der Waals surface area contributed by atoms with Crippen LogP contribution in [0.15, 0.2) is 22.8 Å².